The van der Waals surface area contributed by atoms with Gasteiger partial charge in [0.2, 0.25) is 0 Å². The Morgan fingerprint density at radius 3 is 2.64 bits per heavy atom. The van der Waals surface area contributed by atoms with Crippen LogP contribution in [0.3, 0.4) is 0 Å². The van der Waals surface area contributed by atoms with Crippen LogP contribution in [-0.4, -0.2) is 10.1 Å². The van der Waals surface area contributed by atoms with E-state index in [1.165, 1.54) is 6.26 Å². The molecule has 0 aliphatic rings. The molecular formula is C19H13Cl2NO3. The molecule has 0 fully saturated rings. The minimum Gasteiger partial charge on any atom is -0.506 e. The average molecular weight is 374 g/mol. The van der Waals surface area contributed by atoms with Gasteiger partial charge in [0, 0.05) is 22.2 Å². The Bertz CT molecular complexity index is 1120. The molecule has 1 N–H and O–H groups in total. The summed E-state index contributed by atoms with van der Waals surface area (Å²) >= 11 is 11.7. The highest BCUT2D eigenvalue weighted by Gasteiger charge is 2.08. The Labute approximate surface area is 153 Å². The topological polar surface area (TPSA) is 63.3 Å². The third-order valence-corrected chi connectivity index (χ3v) is 4.08. The molecule has 0 saturated carbocycles. The number of phenolic OH excluding ortho intramolecular Hbond substituents is 1. The minimum atomic E-state index is -0.101. The first-order valence-electron chi connectivity index (χ1n) is 7.37. The zero-order valence-electron chi connectivity index (χ0n) is 13.2. The molecule has 0 radical (unpaired) electrons. The average Bonchev–Trinajstić information content (AvgIpc) is 2.60. The number of aromatic nitrogens is 1. The normalized spacial score (nSPS) is 10.5. The van der Waals surface area contributed by atoms with E-state index in [9.17, 15) is 9.90 Å². The van der Waals surface area contributed by atoms with Crippen LogP contribution >= 0.6 is 23.2 Å². The predicted octanol–water partition coefficient (Wildman–Crippen LogP) is 5.35. The van der Waals surface area contributed by atoms with Gasteiger partial charge in [-0.15, -0.1) is 0 Å². The van der Waals surface area contributed by atoms with Crippen LogP contribution in [0.4, 0.5) is 0 Å². The molecular weight excluding hydrogens is 361 g/mol. The SMILES string of the molecule is Cc1coc2c(Cl)cc(Cl)cc2c1=O.Oc1cccc2cccnc12. The Kier molecular flexibility index (Phi) is 4.93. The molecule has 2 aromatic heterocycles. The Morgan fingerprint density at radius 1 is 1.12 bits per heavy atom. The molecule has 2 heterocycles. The van der Waals surface area contributed by atoms with Gasteiger partial charge in [0.1, 0.15) is 11.3 Å². The second-order valence-corrected chi connectivity index (χ2v) is 6.21. The first kappa shape index (κ1) is 17.3. The highest BCUT2D eigenvalue weighted by molar-refractivity contribution is 6.38. The van der Waals surface area contributed by atoms with E-state index in [2.05, 4.69) is 4.98 Å². The maximum absolute atomic E-state index is 11.7. The number of aromatic hydroxyl groups is 1. The minimum absolute atomic E-state index is 0.101. The molecule has 4 rings (SSSR count). The van der Waals surface area contributed by atoms with Gasteiger partial charge in [-0.3, -0.25) is 9.78 Å². The van der Waals surface area contributed by atoms with E-state index in [1.54, 1.807) is 37.4 Å². The van der Waals surface area contributed by atoms with E-state index < -0.39 is 0 Å². The fourth-order valence-corrected chi connectivity index (χ4v) is 2.89. The van der Waals surface area contributed by atoms with E-state index >= 15 is 0 Å². The van der Waals surface area contributed by atoms with Crippen molar-refractivity contribution in [3.8, 4) is 5.75 Å². The van der Waals surface area contributed by atoms with Gasteiger partial charge in [0.25, 0.3) is 0 Å². The Balaban J connectivity index is 0.000000150. The maximum atomic E-state index is 11.7. The molecule has 0 unspecified atom stereocenters. The number of hydrogen-bond donors (Lipinski definition) is 1. The molecule has 2 aromatic carbocycles. The van der Waals surface area contributed by atoms with Crippen molar-refractivity contribution in [2.24, 2.45) is 0 Å². The van der Waals surface area contributed by atoms with Crippen molar-refractivity contribution in [2.45, 2.75) is 6.92 Å². The maximum Gasteiger partial charge on any atom is 0.195 e. The second-order valence-electron chi connectivity index (χ2n) is 5.36. The van der Waals surface area contributed by atoms with Crippen LogP contribution in [-0.2, 0) is 0 Å². The van der Waals surface area contributed by atoms with Gasteiger partial charge in [-0.1, -0.05) is 41.4 Å². The summed E-state index contributed by atoms with van der Waals surface area (Å²) in [4.78, 5) is 15.7. The third-order valence-electron chi connectivity index (χ3n) is 3.58. The fourth-order valence-electron chi connectivity index (χ4n) is 2.35. The van der Waals surface area contributed by atoms with E-state index in [0.717, 1.165) is 5.39 Å². The van der Waals surface area contributed by atoms with E-state index in [0.29, 0.717) is 32.1 Å². The monoisotopic (exact) mass is 373 g/mol. The van der Waals surface area contributed by atoms with Gasteiger partial charge in [0.05, 0.1) is 16.7 Å². The zero-order valence-corrected chi connectivity index (χ0v) is 14.7. The van der Waals surface area contributed by atoms with Crippen LogP contribution < -0.4 is 5.43 Å². The van der Waals surface area contributed by atoms with Crippen LogP contribution in [0.15, 0.2) is 64.1 Å². The quantitative estimate of drug-likeness (QED) is 0.451. The van der Waals surface area contributed by atoms with Crippen LogP contribution in [0.25, 0.3) is 21.9 Å². The summed E-state index contributed by atoms with van der Waals surface area (Å²) < 4.78 is 5.22. The summed E-state index contributed by atoms with van der Waals surface area (Å²) in [6, 6.07) is 12.2. The van der Waals surface area contributed by atoms with Crippen molar-refractivity contribution >= 4 is 45.1 Å². The van der Waals surface area contributed by atoms with Crippen LogP contribution in [0.5, 0.6) is 5.75 Å². The number of nitrogens with zero attached hydrogens (tertiary/aromatic N) is 1. The van der Waals surface area contributed by atoms with Gasteiger partial charge in [0.15, 0.2) is 11.0 Å². The van der Waals surface area contributed by atoms with Gasteiger partial charge >= 0.3 is 0 Å². The summed E-state index contributed by atoms with van der Waals surface area (Å²) in [5.74, 6) is 0.239. The fraction of sp³-hybridized carbons (Fsp3) is 0.0526. The van der Waals surface area contributed by atoms with Gasteiger partial charge in [-0.2, -0.15) is 0 Å². The van der Waals surface area contributed by atoms with Crippen molar-refractivity contribution in [1.82, 2.24) is 4.98 Å². The van der Waals surface area contributed by atoms with E-state index in [1.807, 2.05) is 18.2 Å². The number of aryl methyl sites for hydroxylation is 1. The van der Waals surface area contributed by atoms with Crippen molar-refractivity contribution < 1.29 is 9.52 Å². The van der Waals surface area contributed by atoms with Crippen LogP contribution in [0, 0.1) is 6.92 Å². The third kappa shape index (κ3) is 3.60. The largest absolute Gasteiger partial charge is 0.506 e. The van der Waals surface area contributed by atoms with Crippen molar-refractivity contribution in [3.63, 3.8) is 0 Å². The first-order valence-corrected chi connectivity index (χ1v) is 8.13. The van der Waals surface area contributed by atoms with E-state index in [4.69, 9.17) is 27.6 Å². The molecule has 4 aromatic rings. The molecule has 126 valence electrons. The number of rotatable bonds is 0. The smallest absolute Gasteiger partial charge is 0.195 e. The summed E-state index contributed by atoms with van der Waals surface area (Å²) in [7, 11) is 0. The summed E-state index contributed by atoms with van der Waals surface area (Å²) in [6.45, 7) is 1.68. The van der Waals surface area contributed by atoms with E-state index in [-0.39, 0.29) is 11.2 Å². The van der Waals surface area contributed by atoms with Crippen LogP contribution in [0.2, 0.25) is 10.0 Å². The number of fused-ring (bicyclic) bond motifs is 2. The lowest BCUT2D eigenvalue weighted by Crippen LogP contribution is -2.04. The summed E-state index contributed by atoms with van der Waals surface area (Å²) in [5.41, 5.74) is 1.48. The first-order chi connectivity index (χ1) is 12.0. The number of phenols is 1. The lowest BCUT2D eigenvalue weighted by Gasteiger charge is -2.00. The molecule has 4 nitrogen and oxygen atoms in total. The Morgan fingerprint density at radius 2 is 1.88 bits per heavy atom. The number of para-hydroxylation sites is 1. The highest BCUT2D eigenvalue weighted by Crippen LogP contribution is 2.26. The molecule has 0 aliphatic carbocycles. The van der Waals surface area contributed by atoms with Gasteiger partial charge in [-0.25, -0.2) is 0 Å². The molecule has 0 saturated heterocycles. The van der Waals surface area contributed by atoms with Crippen molar-refractivity contribution in [3.05, 3.63) is 80.8 Å². The van der Waals surface area contributed by atoms with Crippen molar-refractivity contribution in [2.75, 3.05) is 0 Å². The Hall–Kier alpha value is -2.56. The number of hydrogen-bond acceptors (Lipinski definition) is 4. The molecule has 6 heteroatoms. The van der Waals surface area contributed by atoms with Gasteiger partial charge < -0.3 is 9.52 Å². The number of halogens is 2. The second kappa shape index (κ2) is 7.13. The molecule has 0 amide bonds. The standard InChI is InChI=1S/C10H6Cl2O2.C9H7NO/c1-5-4-14-10-7(9(5)13)2-6(11)3-8(10)12;11-8-5-1-3-7-4-2-6-10-9(7)8/h2-4H,1H3;1-6,11H. The zero-order chi connectivity index (χ0) is 18.0. The number of pyridine rings is 1. The highest BCUT2D eigenvalue weighted by atomic mass is 35.5. The molecule has 0 spiro atoms. The summed E-state index contributed by atoms with van der Waals surface area (Å²) in [5, 5.41) is 11.5. The number of benzene rings is 2. The lowest BCUT2D eigenvalue weighted by atomic mass is 10.2. The van der Waals surface area contributed by atoms with Crippen molar-refractivity contribution in [1.29, 1.82) is 0 Å². The molecule has 0 aliphatic heterocycles. The molecule has 25 heavy (non-hydrogen) atoms. The summed E-state index contributed by atoms with van der Waals surface area (Å²) in [6.07, 6.45) is 3.06. The predicted molar refractivity (Wildman–Crippen MR) is 101 cm³/mol. The lowest BCUT2D eigenvalue weighted by molar-refractivity contribution is 0.480. The molecule has 0 atom stereocenters. The molecule has 0 bridgehead atoms. The van der Waals surface area contributed by atoms with Crippen LogP contribution in [0.1, 0.15) is 5.56 Å². The van der Waals surface area contributed by atoms with Gasteiger partial charge in [-0.05, 0) is 31.2 Å².